The Bertz CT molecular complexity index is 1510. The summed E-state index contributed by atoms with van der Waals surface area (Å²) in [6.07, 6.45) is 16.6. The third-order valence-electron chi connectivity index (χ3n) is 12.6. The molecule has 8 rings (SSSR count). The predicted octanol–water partition coefficient (Wildman–Crippen LogP) is 5.16. The summed E-state index contributed by atoms with van der Waals surface area (Å²) in [7, 11) is 0. The van der Waals surface area contributed by atoms with Crippen LogP contribution in [0.1, 0.15) is 93.9 Å². The summed E-state index contributed by atoms with van der Waals surface area (Å²) in [5, 5.41) is 29.8. The number of allylic oxidation sites excluding steroid dienone is 2. The van der Waals surface area contributed by atoms with Crippen molar-refractivity contribution in [1.29, 1.82) is 0 Å². The number of aliphatic hydroxyl groups is 2. The molecule has 4 fully saturated rings. The van der Waals surface area contributed by atoms with Gasteiger partial charge in [0, 0.05) is 24.3 Å². The molecule has 3 saturated carbocycles. The Labute approximate surface area is 257 Å². The standard InChI is InChI=1S/C34H44N4O4S/c1-32-16-20-18-35-38(22-10-13-42-14-11-22)27(20)15-21(32)7-8-23-24-9-12-34(41,33(24,2)17-28(39)30(23)32)29(40)19-43-31-36-25-5-3-4-6-26(25)37-31/h3,5,15,18,22-24,28,30,39,41H,4,6-14,16-17,19H2,1-2H3,(H,36,37)/t23?,24?,28-,30?,32?,33?,34-/m0/s1. The van der Waals surface area contributed by atoms with Gasteiger partial charge in [0.15, 0.2) is 10.9 Å². The number of aromatic nitrogens is 4. The molecule has 0 bridgehead atoms. The minimum atomic E-state index is -1.43. The van der Waals surface area contributed by atoms with Crippen LogP contribution in [0.25, 0.3) is 12.2 Å². The van der Waals surface area contributed by atoms with Crippen LogP contribution < -0.4 is 0 Å². The number of aryl methyl sites for hydroxylation is 1. The summed E-state index contributed by atoms with van der Waals surface area (Å²) in [6.45, 7) is 6.03. The molecule has 43 heavy (non-hydrogen) atoms. The molecule has 5 aliphatic carbocycles. The Balaban J connectivity index is 1.03. The van der Waals surface area contributed by atoms with E-state index in [-0.39, 0.29) is 34.7 Å². The molecule has 9 heteroatoms. The van der Waals surface area contributed by atoms with Gasteiger partial charge < -0.3 is 19.9 Å². The second kappa shape index (κ2) is 10.2. The first-order valence-electron chi connectivity index (χ1n) is 16.4. The lowest BCUT2D eigenvalue weighted by Gasteiger charge is -2.60. The Morgan fingerprint density at radius 3 is 2.86 bits per heavy atom. The number of aromatic amines is 1. The number of carbonyl (C=O) groups is 1. The molecule has 8 nitrogen and oxygen atoms in total. The molecule has 1 aliphatic heterocycles. The smallest absolute Gasteiger partial charge is 0.175 e. The molecule has 2 aromatic rings. The summed E-state index contributed by atoms with van der Waals surface area (Å²) in [5.74, 6) is 0.665. The van der Waals surface area contributed by atoms with Gasteiger partial charge in [-0.15, -0.1) is 0 Å². The molecule has 230 valence electrons. The quantitative estimate of drug-likeness (QED) is 0.404. The fourth-order valence-electron chi connectivity index (χ4n) is 10.4. The number of hydrogen-bond acceptors (Lipinski definition) is 7. The molecule has 0 spiro atoms. The summed E-state index contributed by atoms with van der Waals surface area (Å²) in [6, 6.07) is 0.387. The van der Waals surface area contributed by atoms with Crippen LogP contribution in [0.15, 0.2) is 23.0 Å². The third kappa shape index (κ3) is 4.17. The van der Waals surface area contributed by atoms with Gasteiger partial charge in [-0.2, -0.15) is 5.10 Å². The van der Waals surface area contributed by atoms with Gasteiger partial charge in [0.05, 0.1) is 35.5 Å². The molecule has 3 heterocycles. The first-order chi connectivity index (χ1) is 20.7. The van der Waals surface area contributed by atoms with Crippen molar-refractivity contribution in [3.8, 4) is 0 Å². The topological polar surface area (TPSA) is 113 Å². The first-order valence-corrected chi connectivity index (χ1v) is 17.4. The van der Waals surface area contributed by atoms with Crippen molar-refractivity contribution >= 4 is 29.7 Å². The number of hydrogen-bond donors (Lipinski definition) is 3. The first kappa shape index (κ1) is 28.3. The normalized spacial score (nSPS) is 38.5. The van der Waals surface area contributed by atoms with Crippen LogP contribution in [0.2, 0.25) is 0 Å². The number of rotatable bonds is 5. The van der Waals surface area contributed by atoms with Crippen molar-refractivity contribution in [2.75, 3.05) is 19.0 Å². The zero-order valence-electron chi connectivity index (χ0n) is 25.3. The SMILES string of the molecule is CC12Cc3cnn(C4CCOCC4)c3C=C1CCC1C2[C@@H](O)CC2(C)C1CC[C@]2(O)C(=O)CSc1nc2c([nH]1)CCC=C2. The molecule has 5 unspecified atom stereocenters. The maximum atomic E-state index is 13.8. The third-order valence-corrected chi connectivity index (χ3v) is 13.4. The number of H-pyrrole nitrogens is 1. The number of nitrogens with zero attached hydrogens (tertiary/aromatic N) is 3. The lowest BCUT2D eigenvalue weighted by atomic mass is 9.45. The molecule has 6 aliphatic rings. The minimum Gasteiger partial charge on any atom is -0.393 e. The average Bonchev–Trinajstić information content (AvgIpc) is 3.68. The van der Waals surface area contributed by atoms with Gasteiger partial charge in [0.1, 0.15) is 5.60 Å². The molecular formula is C34H44N4O4S. The van der Waals surface area contributed by atoms with Gasteiger partial charge >= 0.3 is 0 Å². The van der Waals surface area contributed by atoms with Gasteiger partial charge in [0.25, 0.3) is 0 Å². The zero-order valence-corrected chi connectivity index (χ0v) is 26.2. The second-order valence-corrected chi connectivity index (χ2v) is 15.6. The maximum absolute atomic E-state index is 13.8. The Hall–Kier alpha value is -2.20. The number of aliphatic hydroxyl groups excluding tert-OH is 1. The van der Waals surface area contributed by atoms with Gasteiger partial charge in [-0.05, 0) is 105 Å². The highest BCUT2D eigenvalue weighted by atomic mass is 32.2. The number of ether oxygens (including phenoxy) is 1. The van der Waals surface area contributed by atoms with E-state index in [1.54, 1.807) is 0 Å². The molecule has 7 atom stereocenters. The summed E-state index contributed by atoms with van der Waals surface area (Å²) in [4.78, 5) is 21.9. The second-order valence-electron chi connectivity index (χ2n) is 14.6. The number of imidazole rings is 1. The Morgan fingerprint density at radius 1 is 1.21 bits per heavy atom. The van der Waals surface area contributed by atoms with E-state index in [2.05, 4.69) is 46.8 Å². The maximum Gasteiger partial charge on any atom is 0.175 e. The Morgan fingerprint density at radius 2 is 2.05 bits per heavy atom. The molecular weight excluding hydrogens is 560 g/mol. The molecule has 3 N–H and O–H groups in total. The van der Waals surface area contributed by atoms with E-state index in [4.69, 9.17) is 9.84 Å². The Kier molecular flexibility index (Phi) is 6.68. The van der Waals surface area contributed by atoms with Gasteiger partial charge in [0.2, 0.25) is 0 Å². The number of Topliss-reactive ketones (excluding diaryl/α,β-unsaturated/α-hetero) is 1. The molecule has 0 radical (unpaired) electrons. The van der Waals surface area contributed by atoms with Crippen molar-refractivity contribution in [3.05, 3.63) is 40.5 Å². The average molecular weight is 605 g/mol. The number of fused-ring (bicyclic) bond motifs is 7. The molecule has 0 aromatic carbocycles. The molecule has 2 aromatic heterocycles. The minimum absolute atomic E-state index is 0.111. The number of nitrogens with one attached hydrogen (secondary N) is 1. The van der Waals surface area contributed by atoms with E-state index < -0.39 is 17.1 Å². The lowest BCUT2D eigenvalue weighted by molar-refractivity contribution is -0.177. The number of carbonyl (C=O) groups excluding carboxylic acids is 1. The van der Waals surface area contributed by atoms with Crippen LogP contribution in [0.5, 0.6) is 0 Å². The van der Waals surface area contributed by atoms with E-state index in [1.807, 2.05) is 6.08 Å². The van der Waals surface area contributed by atoms with Gasteiger partial charge in [-0.3, -0.25) is 9.48 Å². The molecule has 1 saturated heterocycles. The van der Waals surface area contributed by atoms with Crippen molar-refractivity contribution in [2.45, 2.75) is 101 Å². The summed E-state index contributed by atoms with van der Waals surface area (Å²) in [5.41, 5.74) is 3.84. The van der Waals surface area contributed by atoms with Crippen molar-refractivity contribution in [3.63, 3.8) is 0 Å². The van der Waals surface area contributed by atoms with Crippen LogP contribution in [0.3, 0.4) is 0 Å². The highest BCUT2D eigenvalue weighted by molar-refractivity contribution is 7.99. The van der Waals surface area contributed by atoms with Gasteiger partial charge in [-0.1, -0.05) is 37.3 Å². The fourth-order valence-corrected chi connectivity index (χ4v) is 11.2. The fraction of sp³-hybridized carbons (Fsp3) is 0.676. The van der Waals surface area contributed by atoms with Crippen molar-refractivity contribution < 1.29 is 19.7 Å². The lowest BCUT2D eigenvalue weighted by Crippen LogP contribution is -2.62. The van der Waals surface area contributed by atoms with Crippen LogP contribution in [-0.4, -0.2) is 66.4 Å². The number of ketones is 1. The van der Waals surface area contributed by atoms with Crippen LogP contribution in [0.4, 0.5) is 0 Å². The van der Waals surface area contributed by atoms with Gasteiger partial charge in [-0.25, -0.2) is 4.98 Å². The van der Waals surface area contributed by atoms with E-state index in [9.17, 15) is 15.0 Å². The highest BCUT2D eigenvalue weighted by Crippen LogP contribution is 2.67. The van der Waals surface area contributed by atoms with Crippen molar-refractivity contribution in [2.24, 2.45) is 28.6 Å². The van der Waals surface area contributed by atoms with Crippen LogP contribution >= 0.6 is 11.8 Å². The van der Waals surface area contributed by atoms with E-state index in [0.29, 0.717) is 18.9 Å². The summed E-state index contributed by atoms with van der Waals surface area (Å²) >= 11 is 1.39. The van der Waals surface area contributed by atoms with Crippen LogP contribution in [0, 0.1) is 28.6 Å². The summed E-state index contributed by atoms with van der Waals surface area (Å²) < 4.78 is 7.84. The zero-order chi connectivity index (χ0) is 29.6. The predicted molar refractivity (Wildman–Crippen MR) is 165 cm³/mol. The van der Waals surface area contributed by atoms with E-state index in [0.717, 1.165) is 81.1 Å². The van der Waals surface area contributed by atoms with E-state index >= 15 is 0 Å². The van der Waals surface area contributed by atoms with Crippen molar-refractivity contribution in [1.82, 2.24) is 19.7 Å². The highest BCUT2D eigenvalue weighted by Gasteiger charge is 2.68. The number of thioether (sulfide) groups is 1. The monoisotopic (exact) mass is 604 g/mol. The largest absolute Gasteiger partial charge is 0.393 e. The van der Waals surface area contributed by atoms with Crippen LogP contribution in [-0.2, 0) is 22.4 Å². The molecule has 0 amide bonds. The van der Waals surface area contributed by atoms with E-state index in [1.165, 1.54) is 28.6 Å².